The Morgan fingerprint density at radius 3 is 3.00 bits per heavy atom. The van der Waals surface area contributed by atoms with E-state index in [4.69, 9.17) is 9.47 Å². The van der Waals surface area contributed by atoms with Crippen molar-refractivity contribution in [3.05, 3.63) is 26.9 Å². The summed E-state index contributed by atoms with van der Waals surface area (Å²) in [6.07, 6.45) is 1.35. The number of nitro groups is 1. The average Bonchev–Trinajstić information content (AvgIpc) is 2.67. The van der Waals surface area contributed by atoms with Gasteiger partial charge in [0.15, 0.2) is 5.79 Å². The first-order chi connectivity index (χ1) is 8.87. The largest absolute Gasteiger partial charge is 0.362 e. The predicted molar refractivity (Wildman–Crippen MR) is 72.0 cm³/mol. The van der Waals surface area contributed by atoms with Gasteiger partial charge in [-0.2, -0.15) is 0 Å². The molecule has 0 radical (unpaired) electrons. The van der Waals surface area contributed by atoms with Crippen molar-refractivity contribution in [1.82, 2.24) is 4.98 Å². The highest BCUT2D eigenvalue weighted by molar-refractivity contribution is 9.10. The van der Waals surface area contributed by atoms with Crippen molar-refractivity contribution in [1.29, 1.82) is 0 Å². The van der Waals surface area contributed by atoms with E-state index in [1.165, 1.54) is 12.3 Å². The molecule has 0 bridgehead atoms. The van der Waals surface area contributed by atoms with Gasteiger partial charge in [0.05, 0.1) is 11.5 Å². The number of pyridine rings is 1. The van der Waals surface area contributed by atoms with Gasteiger partial charge in [-0.15, -0.1) is 0 Å². The second kappa shape index (κ2) is 5.40. The number of ether oxygens (including phenoxy) is 2. The van der Waals surface area contributed by atoms with E-state index in [2.05, 4.69) is 26.2 Å². The minimum Gasteiger partial charge on any atom is -0.362 e. The van der Waals surface area contributed by atoms with E-state index in [9.17, 15) is 10.1 Å². The van der Waals surface area contributed by atoms with E-state index in [0.717, 1.165) is 0 Å². The smallest absolute Gasteiger partial charge is 0.312 e. The number of nitrogens with zero attached hydrogens (tertiary/aromatic N) is 2. The Kier molecular flexibility index (Phi) is 4.02. The summed E-state index contributed by atoms with van der Waals surface area (Å²) in [5.74, 6) is -0.382. The second-order valence-electron chi connectivity index (χ2n) is 4.61. The summed E-state index contributed by atoms with van der Waals surface area (Å²) >= 11 is 3.16. The number of nitrogens with one attached hydrogen (secondary N) is 1. The Bertz CT molecular complexity index is 495. The number of hydrogen-bond acceptors (Lipinski definition) is 6. The van der Waals surface area contributed by atoms with E-state index in [-0.39, 0.29) is 17.6 Å². The molecule has 1 unspecified atom stereocenters. The molecule has 19 heavy (non-hydrogen) atoms. The minimum atomic E-state index is -0.606. The summed E-state index contributed by atoms with van der Waals surface area (Å²) in [5.41, 5.74) is -0.0763. The molecule has 2 rings (SSSR count). The highest BCUT2D eigenvalue weighted by atomic mass is 79.9. The van der Waals surface area contributed by atoms with Gasteiger partial charge in [0.1, 0.15) is 6.10 Å². The molecule has 1 aromatic rings. The quantitative estimate of drug-likeness (QED) is 0.673. The topological polar surface area (TPSA) is 86.5 Å². The van der Waals surface area contributed by atoms with Gasteiger partial charge in [-0.1, -0.05) is 0 Å². The standard InChI is InChI=1S/C11H14BrN3O4/c1-11(2)18-6-8(19-11)5-14-10-9(15(16)17)3-7(12)4-13-10/h3-4,8H,5-6H2,1-2H3,(H,13,14). The molecular weight excluding hydrogens is 318 g/mol. The first-order valence-electron chi connectivity index (χ1n) is 5.73. The van der Waals surface area contributed by atoms with Gasteiger partial charge in [-0.3, -0.25) is 10.1 Å². The molecule has 104 valence electrons. The van der Waals surface area contributed by atoms with Gasteiger partial charge in [0.2, 0.25) is 5.82 Å². The minimum absolute atomic E-state index is 0.0763. The van der Waals surface area contributed by atoms with Crippen LogP contribution in [0.4, 0.5) is 11.5 Å². The SMILES string of the molecule is CC1(C)OCC(CNc2ncc(Br)cc2[N+](=O)[O-])O1. The monoisotopic (exact) mass is 331 g/mol. The lowest BCUT2D eigenvalue weighted by Crippen LogP contribution is -2.26. The molecular formula is C11H14BrN3O4. The van der Waals surface area contributed by atoms with Gasteiger partial charge in [0.25, 0.3) is 0 Å². The Morgan fingerprint density at radius 1 is 1.68 bits per heavy atom. The molecule has 2 heterocycles. The lowest BCUT2D eigenvalue weighted by molar-refractivity contribution is -0.384. The molecule has 1 fully saturated rings. The summed E-state index contributed by atoms with van der Waals surface area (Å²) < 4.78 is 11.6. The first kappa shape index (κ1) is 14.2. The summed E-state index contributed by atoms with van der Waals surface area (Å²) in [4.78, 5) is 14.4. The van der Waals surface area contributed by atoms with Crippen LogP contribution in [-0.4, -0.2) is 35.0 Å². The Labute approximate surface area is 118 Å². The highest BCUT2D eigenvalue weighted by Crippen LogP contribution is 2.26. The Morgan fingerprint density at radius 2 is 2.42 bits per heavy atom. The summed E-state index contributed by atoms with van der Waals surface area (Å²) in [6.45, 7) is 4.50. The zero-order valence-electron chi connectivity index (χ0n) is 10.6. The first-order valence-corrected chi connectivity index (χ1v) is 6.52. The van der Waals surface area contributed by atoms with Crippen LogP contribution in [0.1, 0.15) is 13.8 Å². The third-order valence-corrected chi connectivity index (χ3v) is 3.03. The van der Waals surface area contributed by atoms with Crippen LogP contribution in [0, 0.1) is 10.1 Å². The molecule has 0 aliphatic carbocycles. The number of anilines is 1. The van der Waals surface area contributed by atoms with E-state index >= 15 is 0 Å². The zero-order chi connectivity index (χ0) is 14.0. The molecule has 1 saturated heterocycles. The van der Waals surface area contributed by atoms with Crippen LogP contribution in [0.25, 0.3) is 0 Å². The number of rotatable bonds is 4. The lowest BCUT2D eigenvalue weighted by Gasteiger charge is -2.17. The third kappa shape index (κ3) is 3.62. The van der Waals surface area contributed by atoms with Crippen LogP contribution < -0.4 is 5.32 Å². The van der Waals surface area contributed by atoms with Crippen molar-refractivity contribution >= 4 is 27.4 Å². The van der Waals surface area contributed by atoms with Crippen LogP contribution in [0.5, 0.6) is 0 Å². The van der Waals surface area contributed by atoms with Gasteiger partial charge in [0, 0.05) is 23.3 Å². The van der Waals surface area contributed by atoms with Crippen LogP contribution in [-0.2, 0) is 9.47 Å². The molecule has 1 aromatic heterocycles. The second-order valence-corrected chi connectivity index (χ2v) is 5.53. The zero-order valence-corrected chi connectivity index (χ0v) is 12.1. The fourth-order valence-corrected chi connectivity index (χ4v) is 2.10. The van der Waals surface area contributed by atoms with E-state index < -0.39 is 10.7 Å². The van der Waals surface area contributed by atoms with E-state index in [1.54, 1.807) is 0 Å². The number of hydrogen-bond donors (Lipinski definition) is 1. The number of aromatic nitrogens is 1. The van der Waals surface area contributed by atoms with Crippen molar-refractivity contribution in [2.45, 2.75) is 25.7 Å². The van der Waals surface area contributed by atoms with Crippen LogP contribution in [0.3, 0.4) is 0 Å². The Balaban J connectivity index is 2.02. The summed E-state index contributed by atoms with van der Waals surface area (Å²) in [5, 5.41) is 13.8. The van der Waals surface area contributed by atoms with Gasteiger partial charge in [-0.05, 0) is 29.8 Å². The fourth-order valence-electron chi connectivity index (χ4n) is 1.78. The molecule has 0 aromatic carbocycles. The van der Waals surface area contributed by atoms with Crippen molar-refractivity contribution in [2.75, 3.05) is 18.5 Å². The maximum absolute atomic E-state index is 10.9. The summed E-state index contributed by atoms with van der Waals surface area (Å²) in [6, 6.07) is 1.41. The van der Waals surface area contributed by atoms with E-state index in [1.807, 2.05) is 13.8 Å². The highest BCUT2D eigenvalue weighted by Gasteiger charge is 2.32. The lowest BCUT2D eigenvalue weighted by atomic mass is 10.3. The maximum atomic E-state index is 10.9. The molecule has 1 aliphatic rings. The van der Waals surface area contributed by atoms with Crippen LogP contribution in [0.15, 0.2) is 16.7 Å². The van der Waals surface area contributed by atoms with Crippen molar-refractivity contribution < 1.29 is 14.4 Å². The Hall–Kier alpha value is -1.25. The van der Waals surface area contributed by atoms with Crippen molar-refractivity contribution in [2.24, 2.45) is 0 Å². The predicted octanol–water partition coefficient (Wildman–Crippen LogP) is 2.32. The number of halogens is 1. The average molecular weight is 332 g/mol. The molecule has 0 saturated carbocycles. The molecule has 8 heteroatoms. The van der Waals surface area contributed by atoms with Crippen molar-refractivity contribution in [3.63, 3.8) is 0 Å². The fraction of sp³-hybridized carbons (Fsp3) is 0.545. The van der Waals surface area contributed by atoms with Gasteiger partial charge < -0.3 is 14.8 Å². The van der Waals surface area contributed by atoms with Gasteiger partial charge >= 0.3 is 5.69 Å². The van der Waals surface area contributed by atoms with Crippen molar-refractivity contribution in [3.8, 4) is 0 Å². The molecule has 0 spiro atoms. The molecule has 7 nitrogen and oxygen atoms in total. The van der Waals surface area contributed by atoms with Crippen LogP contribution >= 0.6 is 15.9 Å². The maximum Gasteiger partial charge on any atom is 0.312 e. The molecule has 0 amide bonds. The molecule has 1 aliphatic heterocycles. The normalized spacial score (nSPS) is 21.3. The third-order valence-electron chi connectivity index (χ3n) is 2.60. The van der Waals surface area contributed by atoms with Gasteiger partial charge in [-0.25, -0.2) is 4.98 Å². The summed E-state index contributed by atoms with van der Waals surface area (Å²) in [7, 11) is 0. The molecule has 1 N–H and O–H groups in total. The molecule has 1 atom stereocenters. The van der Waals surface area contributed by atoms with E-state index in [0.29, 0.717) is 17.6 Å². The van der Waals surface area contributed by atoms with Crippen LogP contribution in [0.2, 0.25) is 0 Å².